The van der Waals surface area contributed by atoms with E-state index >= 15 is 0 Å². The van der Waals surface area contributed by atoms with E-state index in [0.29, 0.717) is 5.69 Å². The van der Waals surface area contributed by atoms with Crippen LogP contribution in [0.1, 0.15) is 39.1 Å². The zero-order chi connectivity index (χ0) is 21.3. The normalized spacial score (nSPS) is 19.1. The van der Waals surface area contributed by atoms with E-state index in [4.69, 9.17) is 9.26 Å². The highest BCUT2D eigenvalue weighted by molar-refractivity contribution is 5.69. The number of amides is 1. The summed E-state index contributed by atoms with van der Waals surface area (Å²) in [7, 11) is 0. The van der Waals surface area contributed by atoms with Crippen LogP contribution in [-0.2, 0) is 4.74 Å². The second kappa shape index (κ2) is 7.81. The Labute approximate surface area is 173 Å². The lowest BCUT2D eigenvalue weighted by Crippen LogP contribution is -2.37. The van der Waals surface area contributed by atoms with Crippen LogP contribution in [0.15, 0.2) is 47.2 Å². The van der Waals surface area contributed by atoms with Crippen LogP contribution in [0.5, 0.6) is 0 Å². The third-order valence-corrected chi connectivity index (χ3v) is 4.56. The van der Waals surface area contributed by atoms with Gasteiger partial charge in [0.05, 0.1) is 12.2 Å². The number of ether oxygens (including phenoxy) is 1. The Morgan fingerprint density at radius 3 is 2.70 bits per heavy atom. The van der Waals surface area contributed by atoms with Gasteiger partial charge in [-0.25, -0.2) is 9.18 Å². The molecule has 0 saturated carbocycles. The first-order chi connectivity index (χ1) is 14.3. The highest BCUT2D eigenvalue weighted by Crippen LogP contribution is 2.34. The molecular formula is C21H22FN5O3. The van der Waals surface area contributed by atoms with Crippen LogP contribution in [0.3, 0.4) is 0 Å². The maximum absolute atomic E-state index is 14.1. The molecule has 1 fully saturated rings. The largest absolute Gasteiger partial charge is 0.444 e. The van der Waals surface area contributed by atoms with Gasteiger partial charge in [0.15, 0.2) is 0 Å². The van der Waals surface area contributed by atoms with Crippen molar-refractivity contribution in [3.05, 3.63) is 48.6 Å². The van der Waals surface area contributed by atoms with E-state index in [1.54, 1.807) is 39.2 Å². The quantitative estimate of drug-likeness (QED) is 0.637. The van der Waals surface area contributed by atoms with E-state index in [-0.39, 0.29) is 24.7 Å². The second-order valence-electron chi connectivity index (χ2n) is 8.08. The molecule has 1 aliphatic rings. The lowest BCUT2D eigenvalue weighted by molar-refractivity contribution is 0.0192. The van der Waals surface area contributed by atoms with Gasteiger partial charge in [0.2, 0.25) is 11.7 Å². The van der Waals surface area contributed by atoms with Gasteiger partial charge in [-0.3, -0.25) is 14.9 Å². The summed E-state index contributed by atoms with van der Waals surface area (Å²) in [5, 5.41) is 3.96. The summed E-state index contributed by atoms with van der Waals surface area (Å²) in [6, 6.07) is 8.58. The van der Waals surface area contributed by atoms with Crippen LogP contribution < -0.4 is 0 Å². The number of rotatable bonds is 3. The number of carbonyl (C=O) groups excluding carboxylic acids is 1. The lowest BCUT2D eigenvalue weighted by atomic mass is 10.2. The van der Waals surface area contributed by atoms with Crippen LogP contribution in [0.2, 0.25) is 0 Å². The van der Waals surface area contributed by atoms with Crippen LogP contribution >= 0.6 is 0 Å². The highest BCUT2D eigenvalue weighted by atomic mass is 19.1. The number of likely N-dealkylation sites (tertiary alicyclic amines) is 1. The molecule has 0 radical (unpaired) electrons. The molecule has 0 bridgehead atoms. The average Bonchev–Trinajstić information content (AvgIpc) is 3.34. The fraction of sp³-hybridized carbons (Fsp3) is 0.381. The van der Waals surface area contributed by atoms with E-state index in [0.717, 1.165) is 11.3 Å². The Balaban J connectivity index is 1.53. The minimum absolute atomic E-state index is 0.0751. The molecule has 0 unspecified atom stereocenters. The molecule has 0 N–H and O–H groups in total. The number of alkyl halides is 1. The summed E-state index contributed by atoms with van der Waals surface area (Å²) in [6.07, 6.45) is 1.67. The zero-order valence-corrected chi connectivity index (χ0v) is 16.9. The SMILES string of the molecule is CC(C)(C)OC(=O)N1C[C@H](F)C[C@@H]1c1nc(-c2ccc(-c3ccccn3)cn2)no1. The van der Waals surface area contributed by atoms with Gasteiger partial charge in [0.1, 0.15) is 23.5 Å². The standard InChI is InChI=1S/C21H22FN5O3/c1-21(2,3)29-20(28)27-12-14(22)10-17(27)19-25-18(26-30-19)16-8-7-13(11-24-16)15-6-4-5-9-23-15/h4-9,11,14,17H,10,12H2,1-3H3/t14-,17-/m1/s1. The molecular weight excluding hydrogens is 389 g/mol. The van der Waals surface area contributed by atoms with Crippen molar-refractivity contribution in [3.8, 4) is 22.8 Å². The second-order valence-corrected chi connectivity index (χ2v) is 8.08. The summed E-state index contributed by atoms with van der Waals surface area (Å²) < 4.78 is 24.8. The van der Waals surface area contributed by atoms with E-state index < -0.39 is 23.9 Å². The summed E-state index contributed by atoms with van der Waals surface area (Å²) in [6.45, 7) is 5.20. The number of nitrogens with zero attached hydrogens (tertiary/aromatic N) is 5. The molecule has 3 aromatic rings. The molecule has 30 heavy (non-hydrogen) atoms. The number of pyridine rings is 2. The van der Waals surface area contributed by atoms with Gasteiger partial charge in [0, 0.05) is 24.4 Å². The monoisotopic (exact) mass is 411 g/mol. The molecule has 0 spiro atoms. The first-order valence-electron chi connectivity index (χ1n) is 9.65. The van der Waals surface area contributed by atoms with Crippen molar-refractivity contribution in [2.45, 2.75) is 45.0 Å². The van der Waals surface area contributed by atoms with Crippen molar-refractivity contribution in [3.63, 3.8) is 0 Å². The molecule has 0 aliphatic carbocycles. The predicted octanol–water partition coefficient (Wildman–Crippen LogP) is 4.21. The number of hydrogen-bond acceptors (Lipinski definition) is 7. The topological polar surface area (TPSA) is 94.2 Å². The van der Waals surface area contributed by atoms with Gasteiger partial charge >= 0.3 is 6.09 Å². The maximum atomic E-state index is 14.1. The summed E-state index contributed by atoms with van der Waals surface area (Å²) in [4.78, 5) is 26.8. The molecule has 0 aromatic carbocycles. The number of aromatic nitrogens is 4. The van der Waals surface area contributed by atoms with E-state index in [1.807, 2.05) is 24.3 Å². The summed E-state index contributed by atoms with van der Waals surface area (Å²) in [5.74, 6) is 0.427. The Kier molecular flexibility index (Phi) is 5.19. The predicted molar refractivity (Wildman–Crippen MR) is 106 cm³/mol. The van der Waals surface area contributed by atoms with E-state index in [9.17, 15) is 9.18 Å². The van der Waals surface area contributed by atoms with Gasteiger partial charge in [-0.05, 0) is 45.0 Å². The van der Waals surface area contributed by atoms with E-state index in [1.165, 1.54) is 4.90 Å². The Morgan fingerprint density at radius 1 is 1.20 bits per heavy atom. The van der Waals surface area contributed by atoms with Gasteiger partial charge in [-0.2, -0.15) is 4.98 Å². The highest BCUT2D eigenvalue weighted by Gasteiger charge is 2.41. The average molecular weight is 411 g/mol. The van der Waals surface area contributed by atoms with Gasteiger partial charge < -0.3 is 9.26 Å². The van der Waals surface area contributed by atoms with Gasteiger partial charge in [-0.15, -0.1) is 0 Å². The van der Waals surface area contributed by atoms with Crippen molar-refractivity contribution in [2.75, 3.05) is 6.54 Å². The molecule has 2 atom stereocenters. The minimum atomic E-state index is -1.19. The Bertz CT molecular complexity index is 1020. The van der Waals surface area contributed by atoms with Crippen molar-refractivity contribution in [1.82, 2.24) is 25.0 Å². The van der Waals surface area contributed by atoms with Crippen molar-refractivity contribution in [1.29, 1.82) is 0 Å². The molecule has 1 aliphatic heterocycles. The lowest BCUT2D eigenvalue weighted by Gasteiger charge is -2.26. The smallest absolute Gasteiger partial charge is 0.411 e. The summed E-state index contributed by atoms with van der Waals surface area (Å²) >= 11 is 0. The zero-order valence-electron chi connectivity index (χ0n) is 16.9. The number of hydrogen-bond donors (Lipinski definition) is 0. The van der Waals surface area contributed by atoms with Gasteiger partial charge in [0.25, 0.3) is 0 Å². The third-order valence-electron chi connectivity index (χ3n) is 4.56. The van der Waals surface area contributed by atoms with Crippen molar-refractivity contribution >= 4 is 6.09 Å². The molecule has 3 aromatic heterocycles. The Morgan fingerprint density at radius 2 is 2.03 bits per heavy atom. The molecule has 1 amide bonds. The number of halogens is 1. The fourth-order valence-corrected chi connectivity index (χ4v) is 3.23. The van der Waals surface area contributed by atoms with Crippen molar-refractivity contribution in [2.24, 2.45) is 0 Å². The molecule has 156 valence electrons. The van der Waals surface area contributed by atoms with Crippen LogP contribution in [-0.4, -0.2) is 49.4 Å². The Hall–Kier alpha value is -3.36. The first kappa shape index (κ1) is 19.9. The third kappa shape index (κ3) is 4.29. The number of carbonyl (C=O) groups is 1. The minimum Gasteiger partial charge on any atom is -0.444 e. The van der Waals surface area contributed by atoms with Crippen LogP contribution in [0.25, 0.3) is 22.8 Å². The molecule has 9 heteroatoms. The fourth-order valence-electron chi connectivity index (χ4n) is 3.23. The molecule has 4 rings (SSSR count). The first-order valence-corrected chi connectivity index (χ1v) is 9.65. The molecule has 4 heterocycles. The van der Waals surface area contributed by atoms with Crippen molar-refractivity contribution < 1.29 is 18.4 Å². The molecule has 8 nitrogen and oxygen atoms in total. The van der Waals surface area contributed by atoms with Crippen LogP contribution in [0.4, 0.5) is 9.18 Å². The maximum Gasteiger partial charge on any atom is 0.411 e. The van der Waals surface area contributed by atoms with Gasteiger partial charge in [-0.1, -0.05) is 11.2 Å². The summed E-state index contributed by atoms with van der Waals surface area (Å²) in [5.41, 5.74) is 1.48. The molecule has 1 saturated heterocycles. The van der Waals surface area contributed by atoms with Crippen LogP contribution in [0, 0.1) is 0 Å². The van der Waals surface area contributed by atoms with E-state index in [2.05, 4.69) is 20.1 Å².